The molecule has 190 valence electrons. The lowest BCUT2D eigenvalue weighted by molar-refractivity contribution is -0.127. The predicted molar refractivity (Wildman–Crippen MR) is 133 cm³/mol. The smallest absolute Gasteiger partial charge is 0.328 e. The Morgan fingerprint density at radius 3 is 2.36 bits per heavy atom. The van der Waals surface area contributed by atoms with Crippen molar-refractivity contribution in [2.75, 3.05) is 12.4 Å². The SMILES string of the molecule is COCc1ccc([C@@H](NC(=O)Cn2ccc(=O)[nH]c2=O)C(=O)Nc2ccc(C(C)(C)C)c(F)c2)cc1. The number of aromatic nitrogens is 2. The maximum Gasteiger partial charge on any atom is 0.328 e. The summed E-state index contributed by atoms with van der Waals surface area (Å²) in [6.45, 7) is 5.61. The van der Waals surface area contributed by atoms with Crippen molar-refractivity contribution in [2.24, 2.45) is 0 Å². The first-order chi connectivity index (χ1) is 17.0. The Labute approximate surface area is 207 Å². The highest BCUT2D eigenvalue weighted by Gasteiger charge is 2.24. The van der Waals surface area contributed by atoms with Crippen LogP contribution < -0.4 is 21.9 Å². The van der Waals surface area contributed by atoms with Crippen LogP contribution in [0.2, 0.25) is 0 Å². The highest BCUT2D eigenvalue weighted by atomic mass is 19.1. The van der Waals surface area contributed by atoms with Crippen molar-refractivity contribution in [2.45, 2.75) is 45.4 Å². The minimum absolute atomic E-state index is 0.234. The van der Waals surface area contributed by atoms with Gasteiger partial charge in [0.2, 0.25) is 5.91 Å². The number of benzene rings is 2. The molecule has 0 aliphatic heterocycles. The largest absolute Gasteiger partial charge is 0.380 e. The Kier molecular flexibility index (Phi) is 8.21. The minimum atomic E-state index is -1.14. The van der Waals surface area contributed by atoms with Crippen molar-refractivity contribution in [1.29, 1.82) is 0 Å². The van der Waals surface area contributed by atoms with Crippen molar-refractivity contribution in [3.05, 3.63) is 98.1 Å². The normalized spacial score (nSPS) is 12.1. The molecule has 9 nitrogen and oxygen atoms in total. The van der Waals surface area contributed by atoms with E-state index in [-0.39, 0.29) is 5.69 Å². The van der Waals surface area contributed by atoms with Crippen LogP contribution >= 0.6 is 0 Å². The van der Waals surface area contributed by atoms with Gasteiger partial charge in [0.15, 0.2) is 0 Å². The monoisotopic (exact) mass is 496 g/mol. The van der Waals surface area contributed by atoms with Crippen LogP contribution in [0.1, 0.15) is 43.5 Å². The summed E-state index contributed by atoms with van der Waals surface area (Å²) in [6.07, 6.45) is 1.19. The van der Waals surface area contributed by atoms with Crippen LogP contribution in [0, 0.1) is 5.82 Å². The third-order valence-electron chi connectivity index (χ3n) is 5.45. The van der Waals surface area contributed by atoms with Crippen LogP contribution in [0.15, 0.2) is 64.3 Å². The number of ether oxygens (including phenoxy) is 1. The summed E-state index contributed by atoms with van der Waals surface area (Å²) in [6, 6.07) is 11.3. The number of methoxy groups -OCH3 is 1. The molecule has 0 radical (unpaired) electrons. The zero-order valence-electron chi connectivity index (χ0n) is 20.6. The van der Waals surface area contributed by atoms with Crippen molar-refractivity contribution in [3.8, 4) is 0 Å². The maximum atomic E-state index is 14.7. The molecule has 36 heavy (non-hydrogen) atoms. The van der Waals surface area contributed by atoms with E-state index in [1.807, 2.05) is 20.8 Å². The molecule has 0 aliphatic rings. The van der Waals surface area contributed by atoms with Crippen LogP contribution in [0.25, 0.3) is 0 Å². The van der Waals surface area contributed by atoms with Crippen molar-refractivity contribution in [3.63, 3.8) is 0 Å². The van der Waals surface area contributed by atoms with Gasteiger partial charge in [-0.25, -0.2) is 9.18 Å². The maximum absolute atomic E-state index is 14.7. The number of H-pyrrole nitrogens is 1. The molecular weight excluding hydrogens is 467 g/mol. The highest BCUT2D eigenvalue weighted by Crippen LogP contribution is 2.27. The summed E-state index contributed by atoms with van der Waals surface area (Å²) < 4.78 is 20.8. The van der Waals surface area contributed by atoms with E-state index >= 15 is 0 Å². The van der Waals surface area contributed by atoms with Gasteiger partial charge in [-0.15, -0.1) is 0 Å². The van der Waals surface area contributed by atoms with E-state index in [2.05, 4.69) is 15.6 Å². The van der Waals surface area contributed by atoms with Crippen molar-refractivity contribution < 1.29 is 18.7 Å². The van der Waals surface area contributed by atoms with Crippen LogP contribution in [-0.4, -0.2) is 28.5 Å². The molecule has 10 heteroatoms. The molecular formula is C26H29FN4O5. The first-order valence-electron chi connectivity index (χ1n) is 11.3. The van der Waals surface area contributed by atoms with Gasteiger partial charge in [0.05, 0.1) is 6.61 Å². The van der Waals surface area contributed by atoms with Crippen LogP contribution in [0.3, 0.4) is 0 Å². The van der Waals surface area contributed by atoms with Gasteiger partial charge in [-0.1, -0.05) is 51.1 Å². The fraction of sp³-hybridized carbons (Fsp3) is 0.308. The lowest BCUT2D eigenvalue weighted by atomic mass is 9.86. The standard InChI is InChI=1S/C26H29FN4O5/c1-26(2,3)19-10-9-18(13-20(19)27)28-24(34)23(17-7-5-16(6-8-17)15-36-4)29-22(33)14-31-12-11-21(32)30-25(31)35/h5-13,23H,14-15H2,1-4H3,(H,28,34)(H,29,33)(H,30,32,35)/t23-/m1/s1. The van der Waals surface area contributed by atoms with Crippen LogP contribution in [-0.2, 0) is 32.9 Å². The van der Waals surface area contributed by atoms with Crippen LogP contribution in [0.5, 0.6) is 0 Å². The first kappa shape index (κ1) is 26.6. The summed E-state index contributed by atoms with van der Waals surface area (Å²) in [5, 5.41) is 5.27. The van der Waals surface area contributed by atoms with E-state index < -0.39 is 46.9 Å². The van der Waals surface area contributed by atoms with E-state index in [0.717, 1.165) is 16.2 Å². The fourth-order valence-electron chi connectivity index (χ4n) is 3.62. The van der Waals surface area contributed by atoms with Gasteiger partial charge in [-0.05, 0) is 34.2 Å². The number of halogens is 1. The molecule has 0 saturated heterocycles. The van der Waals surface area contributed by atoms with Gasteiger partial charge in [0.25, 0.3) is 11.5 Å². The highest BCUT2D eigenvalue weighted by molar-refractivity contribution is 5.97. The molecule has 0 spiro atoms. The first-order valence-corrected chi connectivity index (χ1v) is 11.3. The number of nitrogens with one attached hydrogen (secondary N) is 3. The van der Waals surface area contributed by atoms with E-state index in [0.29, 0.717) is 17.7 Å². The molecule has 2 amide bonds. The number of hydrogen-bond acceptors (Lipinski definition) is 5. The number of amides is 2. The summed E-state index contributed by atoms with van der Waals surface area (Å²) in [5.74, 6) is -1.69. The predicted octanol–water partition coefficient (Wildman–Crippen LogP) is 2.62. The second kappa shape index (κ2) is 11.1. The second-order valence-corrected chi connectivity index (χ2v) is 9.35. The van der Waals surface area contributed by atoms with Gasteiger partial charge in [-0.2, -0.15) is 0 Å². The summed E-state index contributed by atoms with van der Waals surface area (Å²) >= 11 is 0. The Morgan fingerprint density at radius 1 is 1.08 bits per heavy atom. The van der Waals surface area contributed by atoms with Gasteiger partial charge < -0.3 is 15.4 Å². The summed E-state index contributed by atoms with van der Waals surface area (Å²) in [5.41, 5.74) is 0.329. The number of anilines is 1. The van der Waals surface area contributed by atoms with Crippen molar-refractivity contribution in [1.82, 2.24) is 14.9 Å². The molecule has 1 atom stereocenters. The van der Waals surface area contributed by atoms with E-state index in [9.17, 15) is 23.6 Å². The van der Waals surface area contributed by atoms with Gasteiger partial charge in [-0.3, -0.25) is 23.9 Å². The number of aromatic amines is 1. The molecule has 0 bridgehead atoms. The molecule has 3 N–H and O–H groups in total. The summed E-state index contributed by atoms with van der Waals surface area (Å²) in [7, 11) is 1.56. The molecule has 0 fully saturated rings. The number of rotatable bonds is 8. The van der Waals surface area contributed by atoms with Gasteiger partial charge in [0, 0.05) is 25.1 Å². The molecule has 0 saturated carbocycles. The lowest BCUT2D eigenvalue weighted by Gasteiger charge is -2.22. The van der Waals surface area contributed by atoms with E-state index in [1.54, 1.807) is 43.5 Å². The quantitative estimate of drug-likeness (QED) is 0.443. The van der Waals surface area contributed by atoms with E-state index in [4.69, 9.17) is 4.74 Å². The average molecular weight is 497 g/mol. The molecule has 1 heterocycles. The third kappa shape index (κ3) is 6.76. The summed E-state index contributed by atoms with van der Waals surface area (Å²) in [4.78, 5) is 51.2. The molecule has 0 unspecified atom stereocenters. The number of carbonyl (C=O) groups is 2. The zero-order chi connectivity index (χ0) is 26.5. The Morgan fingerprint density at radius 2 is 1.78 bits per heavy atom. The second-order valence-electron chi connectivity index (χ2n) is 9.35. The minimum Gasteiger partial charge on any atom is -0.380 e. The Balaban J connectivity index is 1.85. The molecule has 3 rings (SSSR count). The van der Waals surface area contributed by atoms with Gasteiger partial charge in [0.1, 0.15) is 18.4 Å². The Bertz CT molecular complexity index is 1360. The number of nitrogens with zero attached hydrogens (tertiary/aromatic N) is 1. The zero-order valence-corrected chi connectivity index (χ0v) is 20.6. The Hall–Kier alpha value is -4.05. The van der Waals surface area contributed by atoms with E-state index in [1.165, 1.54) is 12.3 Å². The number of carbonyl (C=O) groups excluding carboxylic acids is 2. The molecule has 3 aromatic rings. The average Bonchev–Trinajstić information content (AvgIpc) is 2.79. The topological polar surface area (TPSA) is 122 Å². The molecule has 1 aromatic heterocycles. The van der Waals surface area contributed by atoms with Gasteiger partial charge >= 0.3 is 5.69 Å². The van der Waals surface area contributed by atoms with Crippen molar-refractivity contribution >= 4 is 17.5 Å². The lowest BCUT2D eigenvalue weighted by Crippen LogP contribution is -2.41. The molecule has 0 aliphatic carbocycles. The van der Waals surface area contributed by atoms with Crippen LogP contribution in [0.4, 0.5) is 10.1 Å². The molecule has 2 aromatic carbocycles. The fourth-order valence-corrected chi connectivity index (χ4v) is 3.62. The third-order valence-corrected chi connectivity index (χ3v) is 5.45. The number of hydrogen-bond donors (Lipinski definition) is 3.